The number of amides is 3. The van der Waals surface area contributed by atoms with Gasteiger partial charge in [0.25, 0.3) is 5.91 Å². The largest absolute Gasteiger partial charge is 0.480 e. The molecule has 0 radical (unpaired) electrons. The molecule has 0 bridgehead atoms. The number of carboxylic acids is 1. The molecule has 0 saturated carbocycles. The third-order valence-electron chi connectivity index (χ3n) is 6.29. The second-order valence-electron chi connectivity index (χ2n) is 12.4. The zero-order valence-electron chi connectivity index (χ0n) is 26.2. The highest BCUT2D eigenvalue weighted by Crippen LogP contribution is 2.26. The predicted molar refractivity (Wildman–Crippen MR) is 166 cm³/mol. The molecule has 0 saturated heterocycles. The SMILES string of the molecule is CC(C)(C)OC(=O)NCCC[C@H](NC(=O)c1ccc(CN(Cc2ccccn2)C(=O)OC(C)(C)C)c2ccccc12)C(=O)O. The lowest BCUT2D eigenvalue weighted by Crippen LogP contribution is -2.41. The van der Waals surface area contributed by atoms with Crippen LogP contribution in [0, 0.1) is 0 Å². The van der Waals surface area contributed by atoms with E-state index in [1.54, 1.807) is 83.0 Å². The second-order valence-corrected chi connectivity index (χ2v) is 12.4. The molecule has 3 N–H and O–H groups in total. The summed E-state index contributed by atoms with van der Waals surface area (Å²) in [5.74, 6) is -1.73. The molecule has 3 aromatic rings. The molecule has 2 aromatic carbocycles. The average molecular weight is 607 g/mol. The van der Waals surface area contributed by atoms with Gasteiger partial charge in [0.05, 0.1) is 18.8 Å². The van der Waals surface area contributed by atoms with E-state index < -0.39 is 41.3 Å². The predicted octanol–water partition coefficient (Wildman–Crippen LogP) is 5.66. The van der Waals surface area contributed by atoms with Crippen molar-refractivity contribution in [2.24, 2.45) is 0 Å². The Bertz CT molecular complexity index is 1460. The van der Waals surface area contributed by atoms with Gasteiger partial charge < -0.3 is 25.2 Å². The first-order valence-corrected chi connectivity index (χ1v) is 14.5. The normalized spacial score (nSPS) is 12.2. The van der Waals surface area contributed by atoms with Crippen molar-refractivity contribution in [1.29, 1.82) is 0 Å². The molecular formula is C33H42N4O7. The van der Waals surface area contributed by atoms with Crippen molar-refractivity contribution in [1.82, 2.24) is 20.5 Å². The van der Waals surface area contributed by atoms with E-state index in [4.69, 9.17) is 9.47 Å². The van der Waals surface area contributed by atoms with E-state index in [2.05, 4.69) is 15.6 Å². The molecule has 3 rings (SSSR count). The average Bonchev–Trinajstić information content (AvgIpc) is 2.92. The van der Waals surface area contributed by atoms with Crippen LogP contribution in [0.25, 0.3) is 10.8 Å². The van der Waals surface area contributed by atoms with Crippen molar-refractivity contribution in [2.45, 2.75) is 84.7 Å². The lowest BCUT2D eigenvalue weighted by molar-refractivity contribution is -0.139. The van der Waals surface area contributed by atoms with E-state index in [9.17, 15) is 24.3 Å². The number of hydrogen-bond acceptors (Lipinski definition) is 7. The third-order valence-corrected chi connectivity index (χ3v) is 6.29. The van der Waals surface area contributed by atoms with Crippen LogP contribution in [0.1, 0.15) is 76.0 Å². The Morgan fingerprint density at radius 3 is 2.14 bits per heavy atom. The van der Waals surface area contributed by atoms with Gasteiger partial charge in [-0.2, -0.15) is 0 Å². The summed E-state index contributed by atoms with van der Waals surface area (Å²) < 4.78 is 10.9. The number of aliphatic carboxylic acids is 1. The molecule has 11 nitrogen and oxygen atoms in total. The Kier molecular flexibility index (Phi) is 11.3. The number of nitrogens with zero attached hydrogens (tertiary/aromatic N) is 2. The highest BCUT2D eigenvalue weighted by molar-refractivity contribution is 6.08. The minimum Gasteiger partial charge on any atom is -0.480 e. The fraction of sp³-hybridized carbons (Fsp3) is 0.424. The van der Waals surface area contributed by atoms with Gasteiger partial charge in [-0.15, -0.1) is 0 Å². The van der Waals surface area contributed by atoms with E-state index in [0.717, 1.165) is 10.9 Å². The van der Waals surface area contributed by atoms with Crippen LogP contribution in [0.3, 0.4) is 0 Å². The monoisotopic (exact) mass is 606 g/mol. The molecule has 0 aliphatic carbocycles. The Hall–Kier alpha value is -4.67. The van der Waals surface area contributed by atoms with Crippen LogP contribution < -0.4 is 10.6 Å². The van der Waals surface area contributed by atoms with Gasteiger partial charge >= 0.3 is 18.2 Å². The van der Waals surface area contributed by atoms with Crippen LogP contribution in [0.5, 0.6) is 0 Å². The number of nitrogens with one attached hydrogen (secondary N) is 2. The fourth-order valence-electron chi connectivity index (χ4n) is 4.41. The van der Waals surface area contributed by atoms with Gasteiger partial charge in [0.15, 0.2) is 0 Å². The molecule has 3 amide bonds. The van der Waals surface area contributed by atoms with Gasteiger partial charge in [-0.05, 0) is 88.9 Å². The summed E-state index contributed by atoms with van der Waals surface area (Å²) in [4.78, 5) is 56.3. The Balaban J connectivity index is 1.78. The van der Waals surface area contributed by atoms with E-state index in [1.807, 2.05) is 24.3 Å². The maximum absolute atomic E-state index is 13.4. The van der Waals surface area contributed by atoms with Crippen LogP contribution in [0.15, 0.2) is 60.8 Å². The summed E-state index contributed by atoms with van der Waals surface area (Å²) in [6.45, 7) is 11.2. The number of carboxylic acid groups (broad SMARTS) is 1. The van der Waals surface area contributed by atoms with E-state index in [0.29, 0.717) is 23.1 Å². The first-order valence-electron chi connectivity index (χ1n) is 14.5. The minimum atomic E-state index is -1.18. The van der Waals surface area contributed by atoms with Crippen LogP contribution in [0.2, 0.25) is 0 Å². The molecule has 0 fully saturated rings. The lowest BCUT2D eigenvalue weighted by atomic mass is 9.98. The van der Waals surface area contributed by atoms with Crippen molar-refractivity contribution in [2.75, 3.05) is 6.54 Å². The summed E-state index contributed by atoms with van der Waals surface area (Å²) in [5, 5.41) is 16.3. The number of rotatable bonds is 11. The Morgan fingerprint density at radius 2 is 1.52 bits per heavy atom. The van der Waals surface area contributed by atoms with E-state index in [1.165, 1.54) is 0 Å². The molecular weight excluding hydrogens is 564 g/mol. The number of benzene rings is 2. The number of ether oxygens (including phenoxy) is 2. The van der Waals surface area contributed by atoms with Crippen LogP contribution in [-0.2, 0) is 27.4 Å². The highest BCUT2D eigenvalue weighted by Gasteiger charge is 2.25. The molecule has 44 heavy (non-hydrogen) atoms. The van der Waals surface area contributed by atoms with Crippen molar-refractivity contribution >= 4 is 34.8 Å². The number of pyridine rings is 1. The first kappa shape index (κ1) is 33.8. The van der Waals surface area contributed by atoms with Gasteiger partial charge in [-0.3, -0.25) is 14.7 Å². The molecule has 236 valence electrons. The topological polar surface area (TPSA) is 147 Å². The number of alkyl carbamates (subject to hydrolysis) is 1. The minimum absolute atomic E-state index is 0.102. The Labute approximate surface area is 257 Å². The van der Waals surface area contributed by atoms with Gasteiger partial charge in [0.2, 0.25) is 0 Å². The molecule has 0 unspecified atom stereocenters. The van der Waals surface area contributed by atoms with E-state index in [-0.39, 0.29) is 26.1 Å². The standard InChI is InChI=1S/C33H42N4O7/c1-32(2,3)43-30(41)35-19-11-15-27(29(39)40)36-28(38)26-17-16-22(24-13-7-8-14-25(24)26)20-37(31(42)44-33(4,5)6)21-23-12-9-10-18-34-23/h7-10,12-14,16-18,27H,11,15,19-21H2,1-6H3,(H,35,41)(H,36,38)(H,39,40)/t27-/m0/s1. The summed E-state index contributed by atoms with van der Waals surface area (Å²) in [6.07, 6.45) is 0.982. The van der Waals surface area contributed by atoms with E-state index >= 15 is 0 Å². The highest BCUT2D eigenvalue weighted by atomic mass is 16.6. The number of hydrogen-bond donors (Lipinski definition) is 3. The van der Waals surface area contributed by atoms with Crippen LogP contribution in [0.4, 0.5) is 9.59 Å². The number of carbonyl (C=O) groups is 4. The molecule has 1 atom stereocenters. The molecule has 11 heteroatoms. The molecule has 1 heterocycles. The fourth-order valence-corrected chi connectivity index (χ4v) is 4.41. The van der Waals surface area contributed by atoms with Gasteiger partial charge in [-0.1, -0.05) is 36.4 Å². The number of aromatic nitrogens is 1. The second kappa shape index (κ2) is 14.7. The summed E-state index contributed by atoms with van der Waals surface area (Å²) in [6, 6.07) is 15.0. The van der Waals surface area contributed by atoms with Gasteiger partial charge in [0.1, 0.15) is 17.2 Å². The zero-order chi connectivity index (χ0) is 32.5. The first-order chi connectivity index (χ1) is 20.6. The third kappa shape index (κ3) is 10.6. The molecule has 0 spiro atoms. The zero-order valence-corrected chi connectivity index (χ0v) is 26.2. The Morgan fingerprint density at radius 1 is 0.864 bits per heavy atom. The maximum Gasteiger partial charge on any atom is 0.410 e. The maximum atomic E-state index is 13.4. The molecule has 0 aliphatic rings. The van der Waals surface area contributed by atoms with Gasteiger partial charge in [-0.25, -0.2) is 14.4 Å². The van der Waals surface area contributed by atoms with Crippen molar-refractivity contribution in [3.05, 3.63) is 77.6 Å². The number of carbonyl (C=O) groups excluding carboxylic acids is 3. The lowest BCUT2D eigenvalue weighted by Gasteiger charge is -2.28. The van der Waals surface area contributed by atoms with Crippen molar-refractivity contribution < 1.29 is 33.8 Å². The van der Waals surface area contributed by atoms with Crippen molar-refractivity contribution in [3.8, 4) is 0 Å². The molecule has 0 aliphatic heterocycles. The summed E-state index contributed by atoms with van der Waals surface area (Å²) >= 11 is 0. The van der Waals surface area contributed by atoms with Crippen LogP contribution in [-0.4, -0.2) is 62.8 Å². The van der Waals surface area contributed by atoms with Crippen LogP contribution >= 0.6 is 0 Å². The summed E-state index contributed by atoms with van der Waals surface area (Å²) in [5.41, 5.74) is 0.431. The summed E-state index contributed by atoms with van der Waals surface area (Å²) in [7, 11) is 0. The van der Waals surface area contributed by atoms with Gasteiger partial charge in [0, 0.05) is 18.3 Å². The molecule has 1 aromatic heterocycles. The smallest absolute Gasteiger partial charge is 0.410 e. The quantitative estimate of drug-likeness (QED) is 0.237. The van der Waals surface area contributed by atoms with Crippen molar-refractivity contribution in [3.63, 3.8) is 0 Å². The number of fused-ring (bicyclic) bond motifs is 1.